The zero-order valence-corrected chi connectivity index (χ0v) is 17.0. The van der Waals surface area contributed by atoms with Gasteiger partial charge in [0, 0.05) is 5.70 Å². The van der Waals surface area contributed by atoms with Crippen molar-refractivity contribution in [2.24, 2.45) is 0 Å². The van der Waals surface area contributed by atoms with Gasteiger partial charge in [-0.2, -0.15) is 0 Å². The highest BCUT2D eigenvalue weighted by molar-refractivity contribution is 5.95. The lowest BCUT2D eigenvalue weighted by Gasteiger charge is -2.29. The van der Waals surface area contributed by atoms with Crippen molar-refractivity contribution in [2.45, 2.75) is 51.4 Å². The number of benzene rings is 2. The molecular weight excluding hydrogens is 380 g/mol. The molecule has 2 N–H and O–H groups in total. The highest BCUT2D eigenvalue weighted by Gasteiger charge is 2.34. The molecule has 6 heteroatoms. The quantitative estimate of drug-likeness (QED) is 0.698. The smallest absolute Gasteiger partial charge is 0.338 e. The van der Waals surface area contributed by atoms with E-state index in [9.17, 15) is 9.59 Å². The van der Waals surface area contributed by atoms with Gasteiger partial charge in [-0.3, -0.25) is 0 Å². The SMILES string of the molecule is CC1=C(C(=O)OC2CCCC2)[C@H](c2cccc(OCc3ccccc3)c2)NC(=O)N1. The van der Waals surface area contributed by atoms with Gasteiger partial charge >= 0.3 is 12.0 Å². The summed E-state index contributed by atoms with van der Waals surface area (Å²) in [4.78, 5) is 25.1. The van der Waals surface area contributed by atoms with Crippen LogP contribution in [-0.4, -0.2) is 18.1 Å². The molecule has 0 bridgehead atoms. The van der Waals surface area contributed by atoms with Crippen LogP contribution in [0.1, 0.15) is 49.8 Å². The number of nitrogens with one attached hydrogen (secondary N) is 2. The maximum atomic E-state index is 12.9. The molecule has 6 nitrogen and oxygen atoms in total. The molecule has 1 aliphatic heterocycles. The minimum Gasteiger partial charge on any atom is -0.489 e. The number of carbonyl (C=O) groups is 2. The minimum atomic E-state index is -0.590. The third-order valence-electron chi connectivity index (χ3n) is 5.50. The topological polar surface area (TPSA) is 76.7 Å². The van der Waals surface area contributed by atoms with Crippen LogP contribution in [0.3, 0.4) is 0 Å². The summed E-state index contributed by atoms with van der Waals surface area (Å²) in [5.74, 6) is 0.290. The number of urea groups is 1. The van der Waals surface area contributed by atoms with Gasteiger partial charge in [-0.15, -0.1) is 0 Å². The molecular formula is C24H26N2O4. The van der Waals surface area contributed by atoms with Crippen molar-refractivity contribution in [3.05, 3.63) is 77.0 Å². The first-order valence-electron chi connectivity index (χ1n) is 10.4. The van der Waals surface area contributed by atoms with Gasteiger partial charge in [0.15, 0.2) is 0 Å². The van der Waals surface area contributed by atoms with E-state index in [4.69, 9.17) is 9.47 Å². The van der Waals surface area contributed by atoms with Gasteiger partial charge in [-0.1, -0.05) is 42.5 Å². The zero-order valence-electron chi connectivity index (χ0n) is 17.0. The molecule has 1 atom stereocenters. The van der Waals surface area contributed by atoms with E-state index in [0.29, 0.717) is 23.6 Å². The molecule has 2 aromatic rings. The molecule has 30 heavy (non-hydrogen) atoms. The Bertz CT molecular complexity index is 949. The van der Waals surface area contributed by atoms with Crippen molar-refractivity contribution in [1.82, 2.24) is 10.6 Å². The predicted molar refractivity (Wildman–Crippen MR) is 113 cm³/mol. The van der Waals surface area contributed by atoms with Crippen LogP contribution in [-0.2, 0) is 16.1 Å². The molecule has 0 radical (unpaired) electrons. The second-order valence-electron chi connectivity index (χ2n) is 7.73. The van der Waals surface area contributed by atoms with Crippen molar-refractivity contribution in [1.29, 1.82) is 0 Å². The lowest BCUT2D eigenvalue weighted by molar-refractivity contribution is -0.144. The van der Waals surface area contributed by atoms with Crippen LogP contribution >= 0.6 is 0 Å². The van der Waals surface area contributed by atoms with Crippen LogP contribution in [0, 0.1) is 0 Å². The number of carbonyl (C=O) groups excluding carboxylic acids is 2. The van der Waals surface area contributed by atoms with Crippen LogP contribution in [0.25, 0.3) is 0 Å². The standard InChI is InChI=1S/C24H26N2O4/c1-16-21(23(27)30-19-11-5-6-12-19)22(26-24(28)25-16)18-10-7-13-20(14-18)29-15-17-8-3-2-4-9-17/h2-4,7-10,13-14,19,22H,5-6,11-12,15H2,1H3,(H2,25,26,28)/t22-/m0/s1. The second kappa shape index (κ2) is 9.03. The number of rotatable bonds is 6. The molecule has 0 aromatic heterocycles. The van der Waals surface area contributed by atoms with Crippen molar-refractivity contribution in [3.8, 4) is 5.75 Å². The first kappa shape index (κ1) is 20.0. The summed E-state index contributed by atoms with van der Waals surface area (Å²) < 4.78 is 11.6. The average molecular weight is 406 g/mol. The highest BCUT2D eigenvalue weighted by Crippen LogP contribution is 2.31. The Morgan fingerprint density at radius 3 is 2.60 bits per heavy atom. The van der Waals surface area contributed by atoms with Crippen LogP contribution < -0.4 is 15.4 Å². The molecule has 2 aromatic carbocycles. The van der Waals surface area contributed by atoms with Crippen LogP contribution in [0.4, 0.5) is 4.79 Å². The molecule has 156 valence electrons. The van der Waals surface area contributed by atoms with Gasteiger partial charge < -0.3 is 20.1 Å². The van der Waals surface area contributed by atoms with Gasteiger partial charge in [0.25, 0.3) is 0 Å². The number of hydrogen-bond donors (Lipinski definition) is 2. The van der Waals surface area contributed by atoms with Crippen molar-refractivity contribution >= 4 is 12.0 Å². The van der Waals surface area contributed by atoms with Gasteiger partial charge in [-0.05, 0) is 55.9 Å². The Hall–Kier alpha value is -3.28. The monoisotopic (exact) mass is 406 g/mol. The summed E-state index contributed by atoms with van der Waals surface area (Å²) in [6, 6.07) is 16.4. The molecule has 0 saturated heterocycles. The van der Waals surface area contributed by atoms with Crippen LogP contribution in [0.2, 0.25) is 0 Å². The third-order valence-corrected chi connectivity index (χ3v) is 5.50. The van der Waals surface area contributed by atoms with E-state index in [2.05, 4.69) is 10.6 Å². The molecule has 0 spiro atoms. The van der Waals surface area contributed by atoms with Crippen molar-refractivity contribution in [3.63, 3.8) is 0 Å². The number of esters is 1. The first-order chi connectivity index (χ1) is 14.6. The van der Waals surface area contributed by atoms with E-state index >= 15 is 0 Å². The molecule has 2 amide bonds. The van der Waals surface area contributed by atoms with Crippen molar-refractivity contribution < 1.29 is 19.1 Å². The first-order valence-corrected chi connectivity index (χ1v) is 10.4. The molecule has 0 unspecified atom stereocenters. The summed E-state index contributed by atoms with van der Waals surface area (Å²) in [6.07, 6.45) is 3.90. The summed E-state index contributed by atoms with van der Waals surface area (Å²) in [5.41, 5.74) is 2.78. The molecule has 2 aliphatic rings. The third kappa shape index (κ3) is 4.64. The van der Waals surface area contributed by atoms with E-state index in [0.717, 1.165) is 36.8 Å². The summed E-state index contributed by atoms with van der Waals surface area (Å²) in [6.45, 7) is 2.17. The van der Waals surface area contributed by atoms with Crippen molar-refractivity contribution in [2.75, 3.05) is 0 Å². The normalized spacial score (nSPS) is 19.2. The van der Waals surface area contributed by atoms with E-state index in [-0.39, 0.29) is 18.1 Å². The predicted octanol–water partition coefficient (Wildman–Crippen LogP) is 4.38. The Balaban J connectivity index is 1.54. The highest BCUT2D eigenvalue weighted by atomic mass is 16.5. The van der Waals surface area contributed by atoms with Gasteiger partial charge in [-0.25, -0.2) is 9.59 Å². The summed E-state index contributed by atoms with van der Waals surface area (Å²) >= 11 is 0. The Morgan fingerprint density at radius 1 is 1.07 bits per heavy atom. The van der Waals surface area contributed by atoms with E-state index in [1.807, 2.05) is 54.6 Å². The molecule has 1 fully saturated rings. The van der Waals surface area contributed by atoms with E-state index in [1.54, 1.807) is 6.92 Å². The molecule has 1 aliphatic carbocycles. The molecule has 1 saturated carbocycles. The number of ether oxygens (including phenoxy) is 2. The maximum absolute atomic E-state index is 12.9. The van der Waals surface area contributed by atoms with Gasteiger partial charge in [0.05, 0.1) is 11.6 Å². The number of hydrogen-bond acceptors (Lipinski definition) is 4. The Labute approximate surface area is 176 Å². The fraction of sp³-hybridized carbons (Fsp3) is 0.333. The summed E-state index contributed by atoms with van der Waals surface area (Å²) in [5, 5.41) is 5.55. The van der Waals surface area contributed by atoms with Gasteiger partial charge in [0.1, 0.15) is 18.5 Å². The van der Waals surface area contributed by atoms with Gasteiger partial charge in [0.2, 0.25) is 0 Å². The summed E-state index contributed by atoms with van der Waals surface area (Å²) in [7, 11) is 0. The van der Waals surface area contributed by atoms with Crippen LogP contribution in [0.15, 0.2) is 65.9 Å². The fourth-order valence-electron chi connectivity index (χ4n) is 3.96. The molecule has 1 heterocycles. The largest absolute Gasteiger partial charge is 0.489 e. The Morgan fingerprint density at radius 2 is 1.83 bits per heavy atom. The fourth-order valence-corrected chi connectivity index (χ4v) is 3.96. The number of allylic oxidation sites excluding steroid dienone is 1. The Kier molecular flexibility index (Phi) is 6.02. The van der Waals surface area contributed by atoms with E-state index in [1.165, 1.54) is 0 Å². The molecule has 4 rings (SSSR count). The van der Waals surface area contributed by atoms with Crippen LogP contribution in [0.5, 0.6) is 5.75 Å². The second-order valence-corrected chi connectivity index (χ2v) is 7.73. The lowest BCUT2D eigenvalue weighted by Crippen LogP contribution is -2.45. The maximum Gasteiger partial charge on any atom is 0.338 e. The minimum absolute atomic E-state index is 0.0448. The lowest BCUT2D eigenvalue weighted by atomic mass is 9.95. The number of amides is 2. The zero-order chi connectivity index (χ0) is 20.9. The average Bonchev–Trinajstić information content (AvgIpc) is 3.25. The van der Waals surface area contributed by atoms with E-state index < -0.39 is 6.04 Å².